The van der Waals surface area contributed by atoms with Gasteiger partial charge in [0.2, 0.25) is 0 Å². The molecule has 1 aliphatic rings. The number of hydrogen-bond donors (Lipinski definition) is 0. The third-order valence-corrected chi connectivity index (χ3v) is 4.56. The molecule has 1 aromatic carbocycles. The summed E-state index contributed by atoms with van der Waals surface area (Å²) in [6, 6.07) is 6.15. The van der Waals surface area contributed by atoms with Gasteiger partial charge in [-0.2, -0.15) is 0 Å². The summed E-state index contributed by atoms with van der Waals surface area (Å²) in [6.45, 7) is 0. The van der Waals surface area contributed by atoms with E-state index < -0.39 is 0 Å². The van der Waals surface area contributed by atoms with Crippen molar-refractivity contribution in [3.05, 3.63) is 44.5 Å². The first-order valence-electron chi connectivity index (χ1n) is 5.64. The van der Waals surface area contributed by atoms with E-state index in [0.717, 1.165) is 27.7 Å². The van der Waals surface area contributed by atoms with Crippen LogP contribution in [0, 0.1) is 9.39 Å². The average molecular weight is 375 g/mol. The zero-order valence-electron chi connectivity index (χ0n) is 9.33. The van der Waals surface area contributed by atoms with E-state index in [9.17, 15) is 4.39 Å². The van der Waals surface area contributed by atoms with Gasteiger partial charge < -0.3 is 0 Å². The zero-order valence-corrected chi connectivity index (χ0v) is 12.2. The van der Waals surface area contributed by atoms with Gasteiger partial charge in [0.15, 0.2) is 5.82 Å². The first-order valence-corrected chi connectivity index (χ1v) is 7.09. The fourth-order valence-corrected chi connectivity index (χ4v) is 2.65. The molecule has 0 N–H and O–H groups in total. The van der Waals surface area contributed by atoms with Gasteiger partial charge in [0.1, 0.15) is 11.0 Å². The Hall–Kier alpha value is -0.750. The van der Waals surface area contributed by atoms with Crippen LogP contribution in [0.5, 0.6) is 0 Å². The molecule has 0 saturated heterocycles. The summed E-state index contributed by atoms with van der Waals surface area (Å²) in [5.74, 6) is 0.816. The standard InChI is InChI=1S/C13H9ClFIN2/c14-12-10(16)11(7-1-2-7)17-13(18-12)8-3-5-9(15)6-4-8/h3-7H,1-2H2. The zero-order chi connectivity index (χ0) is 12.7. The van der Waals surface area contributed by atoms with Gasteiger partial charge in [0.25, 0.3) is 0 Å². The highest BCUT2D eigenvalue weighted by Crippen LogP contribution is 2.42. The smallest absolute Gasteiger partial charge is 0.161 e. The summed E-state index contributed by atoms with van der Waals surface area (Å²) in [6.07, 6.45) is 2.32. The van der Waals surface area contributed by atoms with E-state index in [2.05, 4.69) is 32.6 Å². The van der Waals surface area contributed by atoms with E-state index in [1.165, 1.54) is 12.1 Å². The Morgan fingerprint density at radius 1 is 1.17 bits per heavy atom. The maximum Gasteiger partial charge on any atom is 0.161 e. The van der Waals surface area contributed by atoms with Gasteiger partial charge in [-0.3, -0.25) is 0 Å². The SMILES string of the molecule is Fc1ccc(-c2nc(Cl)c(I)c(C3CC3)n2)cc1. The fourth-order valence-electron chi connectivity index (χ4n) is 1.79. The van der Waals surface area contributed by atoms with E-state index in [4.69, 9.17) is 11.6 Å². The molecule has 0 unspecified atom stereocenters. The summed E-state index contributed by atoms with van der Waals surface area (Å²) >= 11 is 8.32. The second-order valence-corrected chi connectivity index (χ2v) is 5.76. The molecule has 2 aromatic rings. The topological polar surface area (TPSA) is 25.8 Å². The molecule has 3 rings (SSSR count). The minimum Gasteiger partial charge on any atom is -0.232 e. The number of halogens is 3. The molecule has 1 fully saturated rings. The van der Waals surface area contributed by atoms with E-state index in [0.29, 0.717) is 16.9 Å². The van der Waals surface area contributed by atoms with Gasteiger partial charge in [-0.1, -0.05) is 11.6 Å². The van der Waals surface area contributed by atoms with Crippen molar-refractivity contribution in [2.24, 2.45) is 0 Å². The van der Waals surface area contributed by atoms with Crippen molar-refractivity contribution in [2.45, 2.75) is 18.8 Å². The van der Waals surface area contributed by atoms with Crippen molar-refractivity contribution < 1.29 is 4.39 Å². The average Bonchev–Trinajstić information content (AvgIpc) is 3.18. The maximum absolute atomic E-state index is 12.9. The van der Waals surface area contributed by atoms with Crippen LogP contribution in [-0.2, 0) is 0 Å². The van der Waals surface area contributed by atoms with Crippen molar-refractivity contribution in [1.29, 1.82) is 0 Å². The van der Waals surface area contributed by atoms with Crippen LogP contribution in [0.3, 0.4) is 0 Å². The van der Waals surface area contributed by atoms with Crippen LogP contribution in [0.1, 0.15) is 24.5 Å². The molecule has 92 valence electrons. The summed E-state index contributed by atoms with van der Waals surface area (Å²) in [4.78, 5) is 8.84. The molecule has 0 atom stereocenters. The van der Waals surface area contributed by atoms with Crippen LogP contribution >= 0.6 is 34.2 Å². The molecule has 0 amide bonds. The van der Waals surface area contributed by atoms with Gasteiger partial charge >= 0.3 is 0 Å². The molecule has 0 radical (unpaired) electrons. The minimum atomic E-state index is -0.266. The first kappa shape index (κ1) is 12.3. The van der Waals surface area contributed by atoms with Crippen molar-refractivity contribution in [3.8, 4) is 11.4 Å². The third-order valence-electron chi connectivity index (χ3n) is 2.90. The Morgan fingerprint density at radius 2 is 1.83 bits per heavy atom. The molecule has 1 aromatic heterocycles. The van der Waals surface area contributed by atoms with Gasteiger partial charge in [-0.15, -0.1) is 0 Å². The van der Waals surface area contributed by atoms with Gasteiger partial charge in [-0.05, 0) is 59.7 Å². The van der Waals surface area contributed by atoms with E-state index in [1.807, 2.05) is 0 Å². The van der Waals surface area contributed by atoms with E-state index >= 15 is 0 Å². The molecule has 0 spiro atoms. The van der Waals surface area contributed by atoms with E-state index in [-0.39, 0.29) is 5.82 Å². The Bertz CT molecular complexity index is 597. The van der Waals surface area contributed by atoms with Crippen molar-refractivity contribution >= 4 is 34.2 Å². The molecule has 2 nitrogen and oxygen atoms in total. The molecule has 1 saturated carbocycles. The lowest BCUT2D eigenvalue weighted by molar-refractivity contribution is 0.628. The third kappa shape index (κ3) is 2.36. The minimum absolute atomic E-state index is 0.266. The highest BCUT2D eigenvalue weighted by atomic mass is 127. The van der Waals surface area contributed by atoms with Crippen LogP contribution in [-0.4, -0.2) is 9.97 Å². The lowest BCUT2D eigenvalue weighted by Crippen LogP contribution is -1.99. The Morgan fingerprint density at radius 3 is 2.44 bits per heavy atom. The quantitative estimate of drug-likeness (QED) is 0.574. The number of hydrogen-bond acceptors (Lipinski definition) is 2. The fraction of sp³-hybridized carbons (Fsp3) is 0.231. The van der Waals surface area contributed by atoms with Gasteiger partial charge in [0.05, 0.1) is 9.26 Å². The van der Waals surface area contributed by atoms with Crippen LogP contribution in [0.25, 0.3) is 11.4 Å². The predicted molar refractivity (Wildman–Crippen MR) is 77.1 cm³/mol. The lowest BCUT2D eigenvalue weighted by atomic mass is 10.2. The molecule has 5 heteroatoms. The van der Waals surface area contributed by atoms with Crippen molar-refractivity contribution in [1.82, 2.24) is 9.97 Å². The highest BCUT2D eigenvalue weighted by molar-refractivity contribution is 14.1. The molecular weight excluding hydrogens is 366 g/mol. The predicted octanol–water partition coefficient (Wildman–Crippen LogP) is 4.42. The number of nitrogens with zero attached hydrogens (tertiary/aromatic N) is 2. The van der Waals surface area contributed by atoms with E-state index in [1.54, 1.807) is 12.1 Å². The largest absolute Gasteiger partial charge is 0.232 e. The summed E-state index contributed by atoms with van der Waals surface area (Å²) in [5, 5.41) is 0.479. The monoisotopic (exact) mass is 374 g/mol. The van der Waals surface area contributed by atoms with Gasteiger partial charge in [-0.25, -0.2) is 14.4 Å². The molecule has 0 bridgehead atoms. The van der Waals surface area contributed by atoms with Crippen LogP contribution in [0.15, 0.2) is 24.3 Å². The van der Waals surface area contributed by atoms with Crippen molar-refractivity contribution in [3.63, 3.8) is 0 Å². The molecular formula is C13H9ClFIN2. The second kappa shape index (κ2) is 4.74. The second-order valence-electron chi connectivity index (χ2n) is 4.32. The Kier molecular flexibility index (Phi) is 3.23. The number of rotatable bonds is 2. The summed E-state index contributed by atoms with van der Waals surface area (Å²) in [7, 11) is 0. The van der Waals surface area contributed by atoms with Gasteiger partial charge in [0, 0.05) is 11.5 Å². The van der Waals surface area contributed by atoms with Crippen LogP contribution in [0.2, 0.25) is 5.15 Å². The normalized spacial score (nSPS) is 14.8. The number of benzene rings is 1. The summed E-state index contributed by atoms with van der Waals surface area (Å²) in [5.41, 5.74) is 1.81. The first-order chi connectivity index (χ1) is 8.65. The molecule has 1 aliphatic carbocycles. The molecule has 0 aliphatic heterocycles. The maximum atomic E-state index is 12.9. The lowest BCUT2D eigenvalue weighted by Gasteiger charge is -2.07. The molecule has 1 heterocycles. The van der Waals surface area contributed by atoms with Crippen molar-refractivity contribution in [2.75, 3.05) is 0 Å². The molecule has 18 heavy (non-hydrogen) atoms. The Balaban J connectivity index is 2.09. The van der Waals surface area contributed by atoms with Crippen LogP contribution in [0.4, 0.5) is 4.39 Å². The number of aromatic nitrogens is 2. The van der Waals surface area contributed by atoms with Crippen LogP contribution < -0.4 is 0 Å². The Labute approximate surface area is 123 Å². The highest BCUT2D eigenvalue weighted by Gasteiger charge is 2.29. The summed E-state index contributed by atoms with van der Waals surface area (Å²) < 4.78 is 13.8.